The van der Waals surface area contributed by atoms with Crippen LogP contribution in [0.1, 0.15) is 15.9 Å². The largest absolute Gasteiger partial charge is 0.497 e. The predicted molar refractivity (Wildman–Crippen MR) is 119 cm³/mol. The van der Waals surface area contributed by atoms with Gasteiger partial charge in [-0.15, -0.1) is 0 Å². The van der Waals surface area contributed by atoms with Crippen LogP contribution in [0.3, 0.4) is 0 Å². The van der Waals surface area contributed by atoms with E-state index in [9.17, 15) is 14.4 Å². The number of hydrogen-bond donors (Lipinski definition) is 2. The van der Waals surface area contributed by atoms with Crippen molar-refractivity contribution in [3.05, 3.63) is 69.8 Å². The highest BCUT2D eigenvalue weighted by molar-refractivity contribution is 9.10. The topological polar surface area (TPSA) is 89.4 Å². The normalized spacial score (nSPS) is 13.8. The number of carbonyl (C=O) groups is 3. The van der Waals surface area contributed by atoms with Gasteiger partial charge in [0.1, 0.15) is 11.3 Å². The van der Waals surface area contributed by atoms with Crippen molar-refractivity contribution in [3.63, 3.8) is 0 Å². The summed E-state index contributed by atoms with van der Waals surface area (Å²) in [6, 6.07) is 12.3. The zero-order valence-corrected chi connectivity index (χ0v) is 18.0. The molecule has 1 aromatic heterocycles. The molecule has 4 rings (SSSR count). The van der Waals surface area contributed by atoms with E-state index < -0.39 is 11.8 Å². The molecular formula is C21H14BrN3O4S. The number of nitrogens with zero attached hydrogens (tertiary/aromatic N) is 1. The molecule has 0 bridgehead atoms. The lowest BCUT2D eigenvalue weighted by Crippen LogP contribution is -2.51. The molecule has 0 spiro atoms. The zero-order chi connectivity index (χ0) is 21.4. The second kappa shape index (κ2) is 7.85. The van der Waals surface area contributed by atoms with E-state index in [4.69, 9.17) is 17.0 Å². The number of fused-ring (bicyclic) bond motifs is 1. The van der Waals surface area contributed by atoms with Gasteiger partial charge in [-0.3, -0.25) is 29.6 Å². The molecule has 0 unspecified atom stereocenters. The van der Waals surface area contributed by atoms with Crippen molar-refractivity contribution in [1.82, 2.24) is 15.2 Å². The Morgan fingerprint density at radius 1 is 1.13 bits per heavy atom. The van der Waals surface area contributed by atoms with Gasteiger partial charge in [0, 0.05) is 21.6 Å². The summed E-state index contributed by atoms with van der Waals surface area (Å²) in [6.07, 6.45) is 3.02. The minimum Gasteiger partial charge on any atom is -0.497 e. The molecule has 1 fully saturated rings. The summed E-state index contributed by atoms with van der Waals surface area (Å²) < 4.78 is 7.43. The van der Waals surface area contributed by atoms with Crippen molar-refractivity contribution in [1.29, 1.82) is 0 Å². The summed E-state index contributed by atoms with van der Waals surface area (Å²) in [7, 11) is 1.53. The minimum absolute atomic E-state index is 0.0460. The summed E-state index contributed by atoms with van der Waals surface area (Å²) >= 11 is 8.24. The van der Waals surface area contributed by atoms with E-state index in [1.54, 1.807) is 42.6 Å². The Labute approximate surface area is 184 Å². The Balaban J connectivity index is 1.90. The standard InChI is InChI=1S/C21H14BrN3O4S/c1-29-12-6-7-17-14(9-12)11(8-15-18(26)23-21(30)24-19(15)27)10-25(17)20(28)13-4-2-3-5-16(13)22/h2-10H,1H3,(H2,23,24,26,27,30). The van der Waals surface area contributed by atoms with Crippen LogP contribution in [0.4, 0.5) is 0 Å². The van der Waals surface area contributed by atoms with Crippen LogP contribution in [0.25, 0.3) is 17.0 Å². The van der Waals surface area contributed by atoms with Crippen LogP contribution in [-0.2, 0) is 9.59 Å². The molecule has 1 saturated heterocycles. The van der Waals surface area contributed by atoms with Crippen LogP contribution >= 0.6 is 28.1 Å². The van der Waals surface area contributed by atoms with Crippen molar-refractivity contribution >= 4 is 68.0 Å². The number of rotatable bonds is 3. The number of carbonyl (C=O) groups excluding carboxylic acids is 3. The summed E-state index contributed by atoms with van der Waals surface area (Å²) in [4.78, 5) is 37.7. The fourth-order valence-corrected chi connectivity index (χ4v) is 3.81. The molecule has 9 heteroatoms. The van der Waals surface area contributed by atoms with Crippen LogP contribution in [0.5, 0.6) is 5.75 Å². The van der Waals surface area contributed by atoms with E-state index in [2.05, 4.69) is 26.6 Å². The number of amides is 2. The second-order valence-corrected chi connectivity index (χ2v) is 7.68. The van der Waals surface area contributed by atoms with Gasteiger partial charge in [-0.05, 0) is 64.6 Å². The fraction of sp³-hybridized carbons (Fsp3) is 0.0476. The molecule has 2 heterocycles. The average Bonchev–Trinajstić information content (AvgIpc) is 3.08. The molecule has 2 N–H and O–H groups in total. The lowest BCUT2D eigenvalue weighted by atomic mass is 10.1. The molecule has 150 valence electrons. The molecular weight excluding hydrogens is 470 g/mol. The van der Waals surface area contributed by atoms with E-state index >= 15 is 0 Å². The van der Waals surface area contributed by atoms with Crippen LogP contribution in [-0.4, -0.2) is 34.5 Å². The maximum absolute atomic E-state index is 13.2. The van der Waals surface area contributed by atoms with Crippen molar-refractivity contribution in [3.8, 4) is 5.75 Å². The molecule has 1 aliphatic heterocycles. The summed E-state index contributed by atoms with van der Waals surface area (Å²) in [6.45, 7) is 0. The molecule has 2 aromatic carbocycles. The highest BCUT2D eigenvalue weighted by Gasteiger charge is 2.26. The number of methoxy groups -OCH3 is 1. The monoisotopic (exact) mass is 483 g/mol. The zero-order valence-electron chi connectivity index (χ0n) is 15.6. The average molecular weight is 484 g/mol. The predicted octanol–water partition coefficient (Wildman–Crippen LogP) is 3.02. The van der Waals surface area contributed by atoms with Gasteiger partial charge in [0.2, 0.25) is 0 Å². The van der Waals surface area contributed by atoms with Crippen molar-refractivity contribution in [2.24, 2.45) is 0 Å². The summed E-state index contributed by atoms with van der Waals surface area (Å²) in [5.41, 5.74) is 1.48. The fourth-order valence-electron chi connectivity index (χ4n) is 3.17. The molecule has 0 saturated carbocycles. The van der Waals surface area contributed by atoms with E-state index in [0.717, 1.165) is 0 Å². The Morgan fingerprint density at radius 2 is 1.83 bits per heavy atom. The van der Waals surface area contributed by atoms with Gasteiger partial charge in [0.15, 0.2) is 5.11 Å². The number of hydrogen-bond acceptors (Lipinski definition) is 5. The highest BCUT2D eigenvalue weighted by Crippen LogP contribution is 2.29. The summed E-state index contributed by atoms with van der Waals surface area (Å²) in [5, 5.41) is 5.41. The van der Waals surface area contributed by atoms with E-state index in [0.29, 0.717) is 32.3 Å². The first kappa shape index (κ1) is 20.0. The quantitative estimate of drug-likeness (QED) is 0.339. The molecule has 3 aromatic rings. The molecule has 0 aliphatic carbocycles. The maximum atomic E-state index is 13.2. The number of ether oxygens (including phenoxy) is 1. The molecule has 0 radical (unpaired) electrons. The van der Waals surface area contributed by atoms with E-state index in [-0.39, 0.29) is 16.6 Å². The van der Waals surface area contributed by atoms with Crippen LogP contribution in [0.15, 0.2) is 58.7 Å². The first-order valence-corrected chi connectivity index (χ1v) is 9.96. The van der Waals surface area contributed by atoms with E-state index in [1.165, 1.54) is 17.8 Å². The third kappa shape index (κ3) is 3.53. The van der Waals surface area contributed by atoms with Gasteiger partial charge in [0.25, 0.3) is 17.7 Å². The minimum atomic E-state index is -0.607. The second-order valence-electron chi connectivity index (χ2n) is 6.42. The maximum Gasteiger partial charge on any atom is 0.263 e. The summed E-state index contributed by atoms with van der Waals surface area (Å²) in [5.74, 6) is -0.901. The number of nitrogens with one attached hydrogen (secondary N) is 2. The number of halogens is 1. The van der Waals surface area contributed by atoms with Gasteiger partial charge in [0.05, 0.1) is 18.2 Å². The van der Waals surface area contributed by atoms with E-state index in [1.807, 2.05) is 6.07 Å². The molecule has 2 amide bonds. The van der Waals surface area contributed by atoms with Crippen molar-refractivity contribution in [2.45, 2.75) is 0 Å². The molecule has 7 nitrogen and oxygen atoms in total. The lowest BCUT2D eigenvalue weighted by Gasteiger charge is -2.16. The Morgan fingerprint density at radius 3 is 2.50 bits per heavy atom. The SMILES string of the molecule is COc1ccc2c(c1)c(C=C1C(=O)NC(=S)NC1=O)cn2C(=O)c1ccccc1Br. The Kier molecular flexibility index (Phi) is 5.23. The first-order valence-electron chi connectivity index (χ1n) is 8.75. The van der Waals surface area contributed by atoms with Crippen LogP contribution in [0.2, 0.25) is 0 Å². The van der Waals surface area contributed by atoms with Crippen molar-refractivity contribution in [2.75, 3.05) is 7.11 Å². The van der Waals surface area contributed by atoms with Gasteiger partial charge in [-0.2, -0.15) is 0 Å². The van der Waals surface area contributed by atoms with Crippen LogP contribution < -0.4 is 15.4 Å². The number of aromatic nitrogens is 1. The van der Waals surface area contributed by atoms with Crippen LogP contribution in [0, 0.1) is 0 Å². The third-order valence-electron chi connectivity index (χ3n) is 4.61. The van der Waals surface area contributed by atoms with Gasteiger partial charge in [-0.25, -0.2) is 0 Å². The number of thiocarbonyl (C=S) groups is 1. The highest BCUT2D eigenvalue weighted by atomic mass is 79.9. The van der Waals surface area contributed by atoms with Gasteiger partial charge in [-0.1, -0.05) is 12.1 Å². The smallest absolute Gasteiger partial charge is 0.263 e. The first-order chi connectivity index (χ1) is 14.4. The Bertz CT molecular complexity index is 1260. The molecule has 0 atom stereocenters. The van der Waals surface area contributed by atoms with Gasteiger partial charge < -0.3 is 4.74 Å². The van der Waals surface area contributed by atoms with Crippen molar-refractivity contribution < 1.29 is 19.1 Å². The van der Waals surface area contributed by atoms with Gasteiger partial charge >= 0.3 is 0 Å². The molecule has 1 aliphatic rings. The molecule has 30 heavy (non-hydrogen) atoms. The lowest BCUT2D eigenvalue weighted by molar-refractivity contribution is -0.123. The third-order valence-corrected chi connectivity index (χ3v) is 5.50. The Hall–Kier alpha value is -3.30. The number of benzene rings is 2.